The Kier molecular flexibility index (Phi) is 8.55. The molecule has 1 saturated heterocycles. The zero-order chi connectivity index (χ0) is 21.3. The third-order valence-electron chi connectivity index (χ3n) is 5.46. The number of nitrogens with one attached hydrogen (secondary N) is 1. The van der Waals surface area contributed by atoms with E-state index in [4.69, 9.17) is 16.6 Å². The number of hydrogen-bond donors (Lipinski definition) is 2. The molecule has 1 heterocycles. The Morgan fingerprint density at radius 1 is 1.13 bits per heavy atom. The van der Waals surface area contributed by atoms with E-state index in [0.29, 0.717) is 13.1 Å². The maximum absolute atomic E-state index is 9.65. The van der Waals surface area contributed by atoms with E-state index in [1.165, 1.54) is 11.1 Å². The number of aliphatic imine (C=N–C) groups is 1. The van der Waals surface area contributed by atoms with Gasteiger partial charge < -0.3 is 15.3 Å². The molecule has 1 aliphatic rings. The van der Waals surface area contributed by atoms with Crippen LogP contribution in [0.4, 0.5) is 0 Å². The molecule has 2 aromatic carbocycles. The highest BCUT2D eigenvalue weighted by Gasteiger charge is 2.16. The van der Waals surface area contributed by atoms with Gasteiger partial charge in [0.05, 0.1) is 12.6 Å². The summed E-state index contributed by atoms with van der Waals surface area (Å²) in [7, 11) is 2.03. The van der Waals surface area contributed by atoms with Crippen molar-refractivity contribution in [3.63, 3.8) is 0 Å². The molecule has 162 valence electrons. The van der Waals surface area contributed by atoms with E-state index in [-0.39, 0.29) is 6.10 Å². The molecule has 2 aromatic rings. The Balaban J connectivity index is 1.58. The SMILES string of the molecule is CCNC(=NCc1ccc(CN2CCC(O)CC2)cc1)N(C)Cc1ccccc1Cl. The fourth-order valence-electron chi connectivity index (χ4n) is 3.68. The highest BCUT2D eigenvalue weighted by molar-refractivity contribution is 6.31. The molecule has 0 aromatic heterocycles. The molecular formula is C24H33ClN4O. The number of piperidine rings is 1. The van der Waals surface area contributed by atoms with Gasteiger partial charge in [-0.2, -0.15) is 0 Å². The van der Waals surface area contributed by atoms with Gasteiger partial charge in [0.25, 0.3) is 0 Å². The van der Waals surface area contributed by atoms with Crippen molar-refractivity contribution in [3.05, 3.63) is 70.2 Å². The lowest BCUT2D eigenvalue weighted by atomic mass is 10.1. The first-order chi connectivity index (χ1) is 14.5. The highest BCUT2D eigenvalue weighted by atomic mass is 35.5. The fraction of sp³-hybridized carbons (Fsp3) is 0.458. The van der Waals surface area contributed by atoms with E-state index in [1.54, 1.807) is 0 Å². The normalized spacial score (nSPS) is 15.9. The zero-order valence-corrected chi connectivity index (χ0v) is 18.8. The van der Waals surface area contributed by atoms with Crippen LogP contribution in [0.25, 0.3) is 0 Å². The van der Waals surface area contributed by atoms with Crippen LogP contribution in [0.1, 0.15) is 36.5 Å². The van der Waals surface area contributed by atoms with Crippen molar-refractivity contribution in [2.24, 2.45) is 4.99 Å². The third-order valence-corrected chi connectivity index (χ3v) is 5.83. The molecule has 0 saturated carbocycles. The van der Waals surface area contributed by atoms with Gasteiger partial charge in [-0.3, -0.25) is 4.90 Å². The van der Waals surface area contributed by atoms with E-state index in [1.807, 2.05) is 31.3 Å². The number of nitrogens with zero attached hydrogens (tertiary/aromatic N) is 3. The van der Waals surface area contributed by atoms with Gasteiger partial charge in [-0.1, -0.05) is 54.1 Å². The molecule has 3 rings (SSSR count). The molecule has 5 nitrogen and oxygen atoms in total. The number of hydrogen-bond acceptors (Lipinski definition) is 3. The first-order valence-corrected chi connectivity index (χ1v) is 11.1. The van der Waals surface area contributed by atoms with Crippen LogP contribution >= 0.6 is 11.6 Å². The van der Waals surface area contributed by atoms with Gasteiger partial charge in [0, 0.05) is 44.8 Å². The Bertz CT molecular complexity index is 816. The minimum atomic E-state index is -0.122. The predicted octanol–water partition coefficient (Wildman–Crippen LogP) is 3.89. The van der Waals surface area contributed by atoms with Gasteiger partial charge in [0.1, 0.15) is 0 Å². The summed E-state index contributed by atoms with van der Waals surface area (Å²) in [5.41, 5.74) is 3.58. The molecule has 0 unspecified atom stereocenters. The lowest BCUT2D eigenvalue weighted by Gasteiger charge is -2.29. The Morgan fingerprint density at radius 3 is 2.47 bits per heavy atom. The molecule has 1 aliphatic heterocycles. The Labute approximate surface area is 185 Å². The molecule has 2 N–H and O–H groups in total. The van der Waals surface area contributed by atoms with Gasteiger partial charge in [-0.15, -0.1) is 0 Å². The van der Waals surface area contributed by atoms with Gasteiger partial charge >= 0.3 is 0 Å². The summed E-state index contributed by atoms with van der Waals surface area (Å²) >= 11 is 6.31. The first kappa shape index (κ1) is 22.6. The van der Waals surface area contributed by atoms with Crippen molar-refractivity contribution in [2.45, 2.75) is 45.5 Å². The summed E-state index contributed by atoms with van der Waals surface area (Å²) in [4.78, 5) is 9.32. The number of guanidine groups is 1. The van der Waals surface area contributed by atoms with E-state index in [9.17, 15) is 5.11 Å². The van der Waals surface area contributed by atoms with Gasteiger partial charge in [0.2, 0.25) is 0 Å². The van der Waals surface area contributed by atoms with Gasteiger partial charge in [0.15, 0.2) is 5.96 Å². The van der Waals surface area contributed by atoms with Crippen molar-refractivity contribution in [2.75, 3.05) is 26.7 Å². The van der Waals surface area contributed by atoms with Crippen LogP contribution in [-0.2, 0) is 19.6 Å². The summed E-state index contributed by atoms with van der Waals surface area (Å²) in [6.45, 7) is 7.11. The van der Waals surface area contributed by atoms with Crippen molar-refractivity contribution in [1.82, 2.24) is 15.1 Å². The van der Waals surface area contributed by atoms with Crippen LogP contribution in [0.5, 0.6) is 0 Å². The highest BCUT2D eigenvalue weighted by Crippen LogP contribution is 2.17. The molecular weight excluding hydrogens is 396 g/mol. The van der Waals surface area contributed by atoms with Crippen LogP contribution in [0, 0.1) is 0 Å². The molecule has 30 heavy (non-hydrogen) atoms. The minimum absolute atomic E-state index is 0.122. The number of aliphatic hydroxyl groups excluding tert-OH is 1. The predicted molar refractivity (Wildman–Crippen MR) is 125 cm³/mol. The van der Waals surface area contributed by atoms with E-state index in [2.05, 4.69) is 46.3 Å². The quantitative estimate of drug-likeness (QED) is 0.518. The van der Waals surface area contributed by atoms with Crippen molar-refractivity contribution < 1.29 is 5.11 Å². The number of likely N-dealkylation sites (tertiary alicyclic amines) is 1. The average molecular weight is 429 g/mol. The smallest absolute Gasteiger partial charge is 0.194 e. The van der Waals surface area contributed by atoms with Crippen LogP contribution in [0.2, 0.25) is 5.02 Å². The van der Waals surface area contributed by atoms with Crippen molar-refractivity contribution in [1.29, 1.82) is 0 Å². The van der Waals surface area contributed by atoms with E-state index < -0.39 is 0 Å². The molecule has 1 fully saturated rings. The van der Waals surface area contributed by atoms with Crippen molar-refractivity contribution >= 4 is 17.6 Å². The molecule has 6 heteroatoms. The van der Waals surface area contributed by atoms with Gasteiger partial charge in [-0.25, -0.2) is 4.99 Å². The maximum atomic E-state index is 9.65. The standard InChI is InChI=1S/C24H33ClN4O/c1-3-26-24(28(2)18-21-6-4-5-7-23(21)25)27-16-19-8-10-20(11-9-19)17-29-14-12-22(30)13-15-29/h4-11,22,30H,3,12-18H2,1-2H3,(H,26,27). The average Bonchev–Trinajstić information content (AvgIpc) is 2.75. The lowest BCUT2D eigenvalue weighted by molar-refractivity contribution is 0.0792. The van der Waals surface area contributed by atoms with Crippen molar-refractivity contribution in [3.8, 4) is 0 Å². The second kappa shape index (κ2) is 11.3. The number of halogens is 1. The molecule has 0 amide bonds. The van der Waals surface area contributed by atoms with Gasteiger partial charge in [-0.05, 0) is 42.5 Å². The zero-order valence-electron chi connectivity index (χ0n) is 18.0. The molecule has 0 atom stereocenters. The second-order valence-electron chi connectivity index (χ2n) is 7.94. The summed E-state index contributed by atoms with van der Waals surface area (Å²) < 4.78 is 0. The second-order valence-corrected chi connectivity index (χ2v) is 8.35. The molecule has 0 bridgehead atoms. The van der Waals surface area contributed by atoms with E-state index >= 15 is 0 Å². The summed E-state index contributed by atoms with van der Waals surface area (Å²) in [5.74, 6) is 0.869. The number of benzene rings is 2. The topological polar surface area (TPSA) is 51.1 Å². The molecule has 0 spiro atoms. The number of aliphatic hydroxyl groups is 1. The maximum Gasteiger partial charge on any atom is 0.194 e. The molecule has 0 aliphatic carbocycles. The summed E-state index contributed by atoms with van der Waals surface area (Å²) in [6.07, 6.45) is 1.63. The summed E-state index contributed by atoms with van der Waals surface area (Å²) in [6, 6.07) is 16.6. The Hall–Kier alpha value is -2.08. The van der Waals surface area contributed by atoms with Crippen LogP contribution in [0.15, 0.2) is 53.5 Å². The fourth-order valence-corrected chi connectivity index (χ4v) is 3.87. The Morgan fingerprint density at radius 2 is 1.80 bits per heavy atom. The molecule has 0 radical (unpaired) electrons. The third kappa shape index (κ3) is 6.73. The van der Waals surface area contributed by atoms with E-state index in [0.717, 1.165) is 55.6 Å². The van der Waals surface area contributed by atoms with Crippen LogP contribution in [0.3, 0.4) is 0 Å². The minimum Gasteiger partial charge on any atom is -0.393 e. The number of rotatable bonds is 7. The monoisotopic (exact) mass is 428 g/mol. The van der Waals surface area contributed by atoms with Crippen LogP contribution in [-0.4, -0.2) is 53.7 Å². The largest absolute Gasteiger partial charge is 0.393 e. The summed E-state index contributed by atoms with van der Waals surface area (Å²) in [5, 5.41) is 13.8. The first-order valence-electron chi connectivity index (χ1n) is 10.8. The lowest BCUT2D eigenvalue weighted by Crippen LogP contribution is -2.38. The van der Waals surface area contributed by atoms with Crippen LogP contribution < -0.4 is 5.32 Å².